The Morgan fingerprint density at radius 2 is 1.95 bits per heavy atom. The number of aromatic nitrogens is 1. The molecule has 0 radical (unpaired) electrons. The van der Waals surface area contributed by atoms with Gasteiger partial charge in [0.05, 0.1) is 0 Å². The third-order valence-electron chi connectivity index (χ3n) is 2.99. The summed E-state index contributed by atoms with van der Waals surface area (Å²) in [6.45, 7) is 1.50. The molecule has 4 heteroatoms. The molecule has 1 heterocycles. The number of benzene rings is 1. The molecule has 0 unspecified atom stereocenters. The SMILES string of the molecule is CN(CCc1ccncc1)Cc1ccc(Br)cc1F. The lowest BCUT2D eigenvalue weighted by atomic mass is 10.1. The van der Waals surface area contributed by atoms with Crippen LogP contribution < -0.4 is 0 Å². The molecule has 0 atom stereocenters. The molecule has 0 saturated carbocycles. The van der Waals surface area contributed by atoms with Crippen LogP contribution in [0, 0.1) is 5.82 Å². The first-order chi connectivity index (χ1) is 9.15. The summed E-state index contributed by atoms with van der Waals surface area (Å²) < 4.78 is 14.5. The molecule has 2 nitrogen and oxygen atoms in total. The van der Waals surface area contributed by atoms with Crippen LogP contribution in [0.4, 0.5) is 4.39 Å². The summed E-state index contributed by atoms with van der Waals surface area (Å²) in [5, 5.41) is 0. The Morgan fingerprint density at radius 1 is 1.21 bits per heavy atom. The highest BCUT2D eigenvalue weighted by molar-refractivity contribution is 9.10. The van der Waals surface area contributed by atoms with Crippen LogP contribution in [-0.2, 0) is 13.0 Å². The van der Waals surface area contributed by atoms with Crippen LogP contribution in [-0.4, -0.2) is 23.5 Å². The Morgan fingerprint density at radius 3 is 2.63 bits per heavy atom. The molecular formula is C15H16BrFN2. The van der Waals surface area contributed by atoms with Crippen molar-refractivity contribution in [2.45, 2.75) is 13.0 Å². The first-order valence-corrected chi connectivity index (χ1v) is 6.96. The second kappa shape index (κ2) is 6.78. The Kier molecular flexibility index (Phi) is 5.05. The smallest absolute Gasteiger partial charge is 0.128 e. The number of nitrogens with zero attached hydrogens (tertiary/aromatic N) is 2. The molecule has 0 aliphatic heterocycles. The van der Waals surface area contributed by atoms with Crippen LogP contribution in [0.3, 0.4) is 0 Å². The van der Waals surface area contributed by atoms with Gasteiger partial charge in [-0.15, -0.1) is 0 Å². The predicted octanol–water partition coefficient (Wildman–Crippen LogP) is 3.66. The van der Waals surface area contributed by atoms with Crippen LogP contribution in [0.2, 0.25) is 0 Å². The van der Waals surface area contributed by atoms with Gasteiger partial charge in [0, 0.05) is 35.5 Å². The molecule has 2 rings (SSSR count). The number of likely N-dealkylation sites (N-methyl/N-ethyl adjacent to an activating group) is 1. The van der Waals surface area contributed by atoms with Crippen molar-refractivity contribution in [1.29, 1.82) is 0 Å². The minimum Gasteiger partial charge on any atom is -0.302 e. The molecule has 0 fully saturated rings. The van der Waals surface area contributed by atoms with Gasteiger partial charge < -0.3 is 4.90 Å². The second-order valence-electron chi connectivity index (χ2n) is 4.58. The Bertz CT molecular complexity index is 531. The van der Waals surface area contributed by atoms with Crippen LogP contribution in [0.15, 0.2) is 47.2 Å². The van der Waals surface area contributed by atoms with E-state index < -0.39 is 0 Å². The molecule has 19 heavy (non-hydrogen) atoms. The molecule has 0 amide bonds. The summed E-state index contributed by atoms with van der Waals surface area (Å²) in [5.41, 5.74) is 1.97. The largest absolute Gasteiger partial charge is 0.302 e. The number of hydrogen-bond acceptors (Lipinski definition) is 2. The van der Waals surface area contributed by atoms with Crippen molar-refractivity contribution in [3.63, 3.8) is 0 Å². The number of pyridine rings is 1. The molecule has 100 valence electrons. The summed E-state index contributed by atoms with van der Waals surface area (Å²) in [4.78, 5) is 6.11. The van der Waals surface area contributed by atoms with Crippen molar-refractivity contribution in [1.82, 2.24) is 9.88 Å². The van der Waals surface area contributed by atoms with E-state index in [0.717, 1.165) is 23.0 Å². The molecule has 2 aromatic rings. The summed E-state index contributed by atoms with van der Waals surface area (Å²) in [7, 11) is 2.00. The second-order valence-corrected chi connectivity index (χ2v) is 5.49. The van der Waals surface area contributed by atoms with Crippen molar-refractivity contribution in [3.05, 3.63) is 64.1 Å². The third kappa shape index (κ3) is 4.40. The first kappa shape index (κ1) is 14.2. The van der Waals surface area contributed by atoms with Gasteiger partial charge in [-0.05, 0) is 43.3 Å². The number of rotatable bonds is 5. The van der Waals surface area contributed by atoms with Gasteiger partial charge >= 0.3 is 0 Å². The van der Waals surface area contributed by atoms with Crippen LogP contribution in [0.1, 0.15) is 11.1 Å². The van der Waals surface area contributed by atoms with Gasteiger partial charge in [0.1, 0.15) is 5.82 Å². The van der Waals surface area contributed by atoms with E-state index in [2.05, 4.69) is 25.8 Å². The van der Waals surface area contributed by atoms with E-state index in [0.29, 0.717) is 6.54 Å². The van der Waals surface area contributed by atoms with Gasteiger partial charge in [-0.25, -0.2) is 4.39 Å². The molecule has 0 N–H and O–H groups in total. The highest BCUT2D eigenvalue weighted by Crippen LogP contribution is 2.16. The van der Waals surface area contributed by atoms with E-state index in [4.69, 9.17) is 0 Å². The molecule has 1 aromatic heterocycles. The van der Waals surface area contributed by atoms with Gasteiger partial charge in [-0.2, -0.15) is 0 Å². The summed E-state index contributed by atoms with van der Waals surface area (Å²) in [5.74, 6) is -0.162. The van der Waals surface area contributed by atoms with Gasteiger partial charge in [0.25, 0.3) is 0 Å². The fourth-order valence-electron chi connectivity index (χ4n) is 1.89. The monoisotopic (exact) mass is 322 g/mol. The van der Waals surface area contributed by atoms with E-state index in [1.54, 1.807) is 12.4 Å². The average Bonchev–Trinajstić information content (AvgIpc) is 2.41. The van der Waals surface area contributed by atoms with Crippen LogP contribution in [0.5, 0.6) is 0 Å². The number of halogens is 2. The summed E-state index contributed by atoms with van der Waals surface area (Å²) in [6, 6.07) is 9.21. The lowest BCUT2D eigenvalue weighted by Gasteiger charge is -2.17. The van der Waals surface area contributed by atoms with Crippen molar-refractivity contribution in [2.75, 3.05) is 13.6 Å². The standard InChI is InChI=1S/C15H16BrFN2/c1-19(9-6-12-4-7-18-8-5-12)11-13-2-3-14(16)10-15(13)17/h2-5,7-8,10H,6,9,11H2,1H3. The average molecular weight is 323 g/mol. The zero-order chi connectivity index (χ0) is 13.7. The van der Waals surface area contributed by atoms with E-state index >= 15 is 0 Å². The van der Waals surface area contributed by atoms with E-state index in [-0.39, 0.29) is 5.82 Å². The van der Waals surface area contributed by atoms with Gasteiger partial charge in [-0.3, -0.25) is 4.98 Å². The molecule has 0 aliphatic rings. The lowest BCUT2D eigenvalue weighted by Crippen LogP contribution is -2.21. The van der Waals surface area contributed by atoms with Crippen molar-refractivity contribution in [2.24, 2.45) is 0 Å². The van der Waals surface area contributed by atoms with Gasteiger partial charge in [0.2, 0.25) is 0 Å². The normalized spacial score (nSPS) is 10.9. The van der Waals surface area contributed by atoms with Crippen molar-refractivity contribution < 1.29 is 4.39 Å². The minimum absolute atomic E-state index is 0.162. The summed E-state index contributed by atoms with van der Waals surface area (Å²) >= 11 is 3.26. The molecule has 1 aromatic carbocycles. The Balaban J connectivity index is 1.89. The molecule has 0 aliphatic carbocycles. The quantitative estimate of drug-likeness (QED) is 0.835. The fourth-order valence-corrected chi connectivity index (χ4v) is 2.22. The van der Waals surface area contributed by atoms with Gasteiger partial charge in [-0.1, -0.05) is 22.0 Å². The maximum atomic E-state index is 13.7. The lowest BCUT2D eigenvalue weighted by molar-refractivity contribution is 0.325. The van der Waals surface area contributed by atoms with E-state index in [1.165, 1.54) is 11.6 Å². The van der Waals surface area contributed by atoms with E-state index in [1.807, 2.05) is 31.3 Å². The predicted molar refractivity (Wildman–Crippen MR) is 78.4 cm³/mol. The maximum Gasteiger partial charge on any atom is 0.128 e. The van der Waals surface area contributed by atoms with Gasteiger partial charge in [0.15, 0.2) is 0 Å². The van der Waals surface area contributed by atoms with E-state index in [9.17, 15) is 4.39 Å². The fraction of sp³-hybridized carbons (Fsp3) is 0.267. The zero-order valence-electron chi connectivity index (χ0n) is 10.8. The maximum absolute atomic E-state index is 13.7. The van der Waals surface area contributed by atoms with Crippen molar-refractivity contribution in [3.8, 4) is 0 Å². The zero-order valence-corrected chi connectivity index (χ0v) is 12.4. The Hall–Kier alpha value is -1.26. The Labute approximate surface area is 121 Å². The van der Waals surface area contributed by atoms with Crippen LogP contribution >= 0.6 is 15.9 Å². The number of hydrogen-bond donors (Lipinski definition) is 0. The highest BCUT2D eigenvalue weighted by atomic mass is 79.9. The topological polar surface area (TPSA) is 16.1 Å². The molecular weight excluding hydrogens is 307 g/mol. The van der Waals surface area contributed by atoms with Crippen molar-refractivity contribution >= 4 is 15.9 Å². The first-order valence-electron chi connectivity index (χ1n) is 6.16. The van der Waals surface area contributed by atoms with Crippen LogP contribution in [0.25, 0.3) is 0 Å². The molecule has 0 bridgehead atoms. The molecule has 0 spiro atoms. The highest BCUT2D eigenvalue weighted by Gasteiger charge is 2.06. The molecule has 0 saturated heterocycles. The summed E-state index contributed by atoms with van der Waals surface area (Å²) in [6.07, 6.45) is 4.53. The minimum atomic E-state index is -0.162. The third-order valence-corrected chi connectivity index (χ3v) is 3.48.